The van der Waals surface area contributed by atoms with Crippen molar-refractivity contribution in [3.05, 3.63) is 22.3 Å². The Morgan fingerprint density at radius 3 is 0.885 bits per heavy atom. The number of rotatable bonds is 15. The van der Waals surface area contributed by atoms with Crippen molar-refractivity contribution >= 4 is 0 Å². The van der Waals surface area contributed by atoms with Gasteiger partial charge in [0.2, 0.25) is 0 Å². The summed E-state index contributed by atoms with van der Waals surface area (Å²) in [5, 5.41) is 0. The first-order valence-electron chi connectivity index (χ1n) is 10.5. The monoisotopic (exact) mass is 370 g/mol. The van der Waals surface area contributed by atoms with Crippen LogP contribution in [0.4, 0.5) is 0 Å². The van der Waals surface area contributed by atoms with Crippen LogP contribution in [0.25, 0.3) is 0 Å². The van der Waals surface area contributed by atoms with Crippen LogP contribution in [-0.4, -0.2) is 39.0 Å². The van der Waals surface area contributed by atoms with E-state index in [9.17, 15) is 0 Å². The summed E-state index contributed by atoms with van der Waals surface area (Å²) in [4.78, 5) is 0. The number of hydrogen-bond acceptors (Lipinski definition) is 4. The van der Waals surface area contributed by atoms with E-state index >= 15 is 0 Å². The van der Waals surface area contributed by atoms with Crippen molar-refractivity contribution < 1.29 is 18.9 Å². The summed E-state index contributed by atoms with van der Waals surface area (Å²) in [5.74, 6) is 0. The summed E-state index contributed by atoms with van der Waals surface area (Å²) in [6.07, 6.45) is 3.14. The fourth-order valence-electron chi connectivity index (χ4n) is 3.42. The largest absolute Gasteiger partial charge is 0.349 e. The zero-order valence-electron chi connectivity index (χ0n) is 18.4. The summed E-state index contributed by atoms with van der Waals surface area (Å²) in [6, 6.07) is 0. The lowest BCUT2D eigenvalue weighted by Crippen LogP contribution is -2.24. The van der Waals surface area contributed by atoms with E-state index in [-0.39, 0.29) is 12.6 Å². The van der Waals surface area contributed by atoms with Crippen molar-refractivity contribution in [2.45, 2.75) is 93.7 Å². The molecule has 0 rings (SSSR count). The molecule has 0 unspecified atom stereocenters. The molecule has 0 saturated heterocycles. The van der Waals surface area contributed by atoms with Crippen molar-refractivity contribution in [3.63, 3.8) is 0 Å². The molecule has 0 amide bonds. The maximum absolute atomic E-state index is 5.92. The van der Waals surface area contributed by atoms with Gasteiger partial charge in [-0.3, -0.25) is 0 Å². The van der Waals surface area contributed by atoms with Gasteiger partial charge in [0.05, 0.1) is 0 Å². The number of hydrogen-bond donors (Lipinski definition) is 0. The van der Waals surface area contributed by atoms with Crippen LogP contribution >= 0.6 is 0 Å². The van der Waals surface area contributed by atoms with Gasteiger partial charge in [-0.15, -0.1) is 0 Å². The van der Waals surface area contributed by atoms with Gasteiger partial charge in [0.15, 0.2) is 12.6 Å². The zero-order valence-corrected chi connectivity index (χ0v) is 18.4. The van der Waals surface area contributed by atoms with Crippen LogP contribution in [0.3, 0.4) is 0 Å². The topological polar surface area (TPSA) is 36.9 Å². The molecule has 0 aliphatic heterocycles. The smallest absolute Gasteiger partial charge is 0.180 e. The first-order chi connectivity index (χ1) is 12.6. The van der Waals surface area contributed by atoms with E-state index in [4.69, 9.17) is 18.9 Å². The highest BCUT2D eigenvalue weighted by molar-refractivity contribution is 5.40. The fourth-order valence-corrected chi connectivity index (χ4v) is 3.42. The molecule has 154 valence electrons. The lowest BCUT2D eigenvalue weighted by Gasteiger charge is -2.28. The highest BCUT2D eigenvalue weighted by atomic mass is 16.7. The summed E-state index contributed by atoms with van der Waals surface area (Å²) in [6.45, 7) is 19.4. The van der Waals surface area contributed by atoms with Crippen molar-refractivity contribution in [2.24, 2.45) is 0 Å². The van der Waals surface area contributed by atoms with Gasteiger partial charge in [-0.1, -0.05) is 27.7 Å². The minimum absolute atomic E-state index is 0.276. The third-order valence-electron chi connectivity index (χ3n) is 4.45. The second-order valence-corrected chi connectivity index (χ2v) is 5.91. The normalized spacial score (nSPS) is 14.1. The van der Waals surface area contributed by atoms with Gasteiger partial charge in [-0.25, -0.2) is 0 Å². The van der Waals surface area contributed by atoms with E-state index in [1.54, 1.807) is 0 Å². The Morgan fingerprint density at radius 1 is 0.462 bits per heavy atom. The summed E-state index contributed by atoms with van der Waals surface area (Å²) >= 11 is 0. The Morgan fingerprint density at radius 2 is 0.731 bits per heavy atom. The maximum Gasteiger partial charge on any atom is 0.180 e. The molecule has 0 aliphatic rings. The van der Waals surface area contributed by atoms with Gasteiger partial charge in [0, 0.05) is 26.4 Å². The molecule has 0 aromatic rings. The summed E-state index contributed by atoms with van der Waals surface area (Å²) < 4.78 is 23.7. The van der Waals surface area contributed by atoms with Crippen molar-refractivity contribution in [2.75, 3.05) is 26.4 Å². The van der Waals surface area contributed by atoms with E-state index in [0.29, 0.717) is 26.4 Å². The van der Waals surface area contributed by atoms with Crippen molar-refractivity contribution in [3.8, 4) is 0 Å². The molecular weight excluding hydrogens is 328 g/mol. The predicted molar refractivity (Wildman–Crippen MR) is 109 cm³/mol. The molecule has 0 radical (unpaired) electrons. The lowest BCUT2D eigenvalue weighted by atomic mass is 9.89. The van der Waals surface area contributed by atoms with Crippen molar-refractivity contribution in [1.29, 1.82) is 0 Å². The molecular formula is C22H42O4. The number of ether oxygens (including phenoxy) is 4. The van der Waals surface area contributed by atoms with Gasteiger partial charge >= 0.3 is 0 Å². The average Bonchev–Trinajstić information content (AvgIpc) is 2.64. The summed E-state index contributed by atoms with van der Waals surface area (Å²) in [5.41, 5.74) is 5.16. The lowest BCUT2D eigenvalue weighted by molar-refractivity contribution is -0.114. The molecule has 4 heteroatoms. The van der Waals surface area contributed by atoms with E-state index in [1.165, 1.54) is 22.3 Å². The number of allylic oxidation sites excluding steroid dienone is 2. The van der Waals surface area contributed by atoms with E-state index in [0.717, 1.165) is 25.7 Å². The molecule has 0 spiro atoms. The third kappa shape index (κ3) is 7.51. The Hall–Kier alpha value is -0.680. The van der Waals surface area contributed by atoms with Gasteiger partial charge in [-0.05, 0) is 75.7 Å². The molecule has 0 fully saturated rings. The quantitative estimate of drug-likeness (QED) is 0.261. The average molecular weight is 371 g/mol. The highest BCUT2D eigenvalue weighted by Crippen LogP contribution is 2.32. The minimum Gasteiger partial charge on any atom is -0.349 e. The van der Waals surface area contributed by atoms with Gasteiger partial charge in [0.25, 0.3) is 0 Å². The van der Waals surface area contributed by atoms with Crippen LogP contribution in [0.2, 0.25) is 0 Å². The van der Waals surface area contributed by atoms with E-state index < -0.39 is 0 Å². The predicted octanol–water partition coefficient (Wildman–Crippen LogP) is 6.02. The van der Waals surface area contributed by atoms with Crippen LogP contribution in [0.15, 0.2) is 22.3 Å². The Kier molecular flexibility index (Phi) is 15.0. The standard InChI is InChI=1S/C22H42O4/c1-9-17(19(11-3)21(23-13-5)24-14-6)18(10-2)20(12-4)22(25-15-7)26-16-8/h21-22H,9-16H2,1-8H3. The first-order valence-corrected chi connectivity index (χ1v) is 10.5. The second kappa shape index (κ2) is 15.4. The van der Waals surface area contributed by atoms with Crippen LogP contribution in [-0.2, 0) is 18.9 Å². The minimum atomic E-state index is -0.276. The maximum atomic E-state index is 5.92. The Labute approximate surface area is 161 Å². The van der Waals surface area contributed by atoms with Crippen LogP contribution in [0.1, 0.15) is 81.1 Å². The Bertz CT molecular complexity index is 374. The molecule has 0 bridgehead atoms. The van der Waals surface area contributed by atoms with Crippen LogP contribution in [0.5, 0.6) is 0 Å². The Balaban J connectivity index is 6.31. The SMILES string of the molecule is CCOC(OCC)C(CC)=C(CC)C(CC)=C(CC)C(OCC)OCC. The third-order valence-corrected chi connectivity index (χ3v) is 4.45. The first kappa shape index (κ1) is 25.3. The zero-order chi connectivity index (χ0) is 19.9. The van der Waals surface area contributed by atoms with Crippen molar-refractivity contribution in [1.82, 2.24) is 0 Å². The highest BCUT2D eigenvalue weighted by Gasteiger charge is 2.23. The fraction of sp³-hybridized carbons (Fsp3) is 0.818. The summed E-state index contributed by atoms with van der Waals surface area (Å²) in [7, 11) is 0. The molecule has 0 heterocycles. The molecule has 4 nitrogen and oxygen atoms in total. The van der Waals surface area contributed by atoms with Gasteiger partial charge < -0.3 is 18.9 Å². The molecule has 0 aliphatic carbocycles. The van der Waals surface area contributed by atoms with E-state index in [1.807, 2.05) is 27.7 Å². The van der Waals surface area contributed by atoms with Crippen LogP contribution in [0, 0.1) is 0 Å². The van der Waals surface area contributed by atoms with E-state index in [2.05, 4.69) is 27.7 Å². The molecule has 0 N–H and O–H groups in total. The van der Waals surface area contributed by atoms with Gasteiger partial charge in [-0.2, -0.15) is 0 Å². The molecule has 0 atom stereocenters. The molecule has 0 saturated carbocycles. The molecule has 0 aromatic carbocycles. The molecule has 26 heavy (non-hydrogen) atoms. The second-order valence-electron chi connectivity index (χ2n) is 5.91. The van der Waals surface area contributed by atoms with Gasteiger partial charge in [0.1, 0.15) is 0 Å². The van der Waals surface area contributed by atoms with Crippen LogP contribution < -0.4 is 0 Å². The molecule has 0 aromatic heterocycles.